The Bertz CT molecular complexity index is 660. The van der Waals surface area contributed by atoms with Gasteiger partial charge >= 0.3 is 0 Å². The highest BCUT2D eigenvalue weighted by Crippen LogP contribution is 2.55. The van der Waals surface area contributed by atoms with Crippen LogP contribution in [0.25, 0.3) is 11.1 Å². The van der Waals surface area contributed by atoms with Crippen LogP contribution >= 0.6 is 0 Å². The Morgan fingerprint density at radius 3 is 2.53 bits per heavy atom. The van der Waals surface area contributed by atoms with Crippen molar-refractivity contribution in [2.24, 2.45) is 0 Å². The van der Waals surface area contributed by atoms with Crippen LogP contribution in [0.4, 0.5) is 0 Å². The molecule has 0 heterocycles. The van der Waals surface area contributed by atoms with Gasteiger partial charge in [-0.2, -0.15) is 0 Å². The number of rotatable bonds is 0. The van der Waals surface area contributed by atoms with Gasteiger partial charge in [0.25, 0.3) is 0 Å². The van der Waals surface area contributed by atoms with Gasteiger partial charge in [0.05, 0.1) is 0 Å². The number of hydrogen-bond donors (Lipinski definition) is 0. The standard InChI is InChI=1S/C17H16/c1-10-7-12-9-11-5-4-6-13-15(11)16(12)14(8-10)17(13,2)3/h4-8H,9H2,1-3H3. The fourth-order valence-corrected chi connectivity index (χ4v) is 3.70. The molecule has 17 heavy (non-hydrogen) atoms. The van der Waals surface area contributed by atoms with Crippen LogP contribution in [-0.4, -0.2) is 0 Å². The summed E-state index contributed by atoms with van der Waals surface area (Å²) in [5.41, 5.74) is 10.8. The minimum absolute atomic E-state index is 0.182. The van der Waals surface area contributed by atoms with Crippen molar-refractivity contribution in [1.29, 1.82) is 0 Å². The first-order valence-electron chi connectivity index (χ1n) is 6.36. The summed E-state index contributed by atoms with van der Waals surface area (Å²) >= 11 is 0. The monoisotopic (exact) mass is 220 g/mol. The molecule has 84 valence electrons. The largest absolute Gasteiger partial charge is 0.0616 e. The van der Waals surface area contributed by atoms with Gasteiger partial charge in [0.15, 0.2) is 0 Å². The van der Waals surface area contributed by atoms with E-state index in [1.807, 2.05) is 0 Å². The van der Waals surface area contributed by atoms with E-state index in [4.69, 9.17) is 0 Å². The Morgan fingerprint density at radius 2 is 1.71 bits per heavy atom. The lowest BCUT2D eigenvalue weighted by Crippen LogP contribution is -2.16. The molecule has 0 saturated carbocycles. The minimum atomic E-state index is 0.182. The Morgan fingerprint density at radius 1 is 0.941 bits per heavy atom. The third-order valence-corrected chi connectivity index (χ3v) is 4.49. The van der Waals surface area contributed by atoms with Gasteiger partial charge in [-0.1, -0.05) is 49.7 Å². The van der Waals surface area contributed by atoms with Crippen molar-refractivity contribution in [3.05, 3.63) is 58.1 Å². The van der Waals surface area contributed by atoms with Crippen molar-refractivity contribution in [3.63, 3.8) is 0 Å². The molecule has 0 fully saturated rings. The van der Waals surface area contributed by atoms with Crippen molar-refractivity contribution in [3.8, 4) is 11.1 Å². The molecule has 2 aliphatic carbocycles. The second-order valence-corrected chi connectivity index (χ2v) is 5.99. The smallest absolute Gasteiger partial charge is 0.0159 e. The maximum Gasteiger partial charge on any atom is 0.0159 e. The first-order chi connectivity index (χ1) is 8.09. The summed E-state index contributed by atoms with van der Waals surface area (Å²) in [6.45, 7) is 6.93. The zero-order valence-corrected chi connectivity index (χ0v) is 10.6. The minimum Gasteiger partial charge on any atom is -0.0616 e. The van der Waals surface area contributed by atoms with E-state index in [2.05, 4.69) is 51.1 Å². The van der Waals surface area contributed by atoms with E-state index >= 15 is 0 Å². The van der Waals surface area contributed by atoms with Gasteiger partial charge in [-0.05, 0) is 46.7 Å². The van der Waals surface area contributed by atoms with Crippen LogP contribution in [0.15, 0.2) is 30.3 Å². The summed E-state index contributed by atoms with van der Waals surface area (Å²) in [6.07, 6.45) is 1.13. The van der Waals surface area contributed by atoms with Crippen molar-refractivity contribution in [2.75, 3.05) is 0 Å². The normalized spacial score (nSPS) is 17.4. The summed E-state index contributed by atoms with van der Waals surface area (Å²) in [5, 5.41) is 0. The van der Waals surface area contributed by atoms with Crippen molar-refractivity contribution in [2.45, 2.75) is 32.6 Å². The molecule has 2 aromatic carbocycles. The predicted molar refractivity (Wildman–Crippen MR) is 71.5 cm³/mol. The molecule has 0 unspecified atom stereocenters. The molecule has 0 spiro atoms. The Labute approximate surface area is 102 Å². The highest BCUT2D eigenvalue weighted by molar-refractivity contribution is 5.89. The molecule has 0 aliphatic heterocycles. The van der Waals surface area contributed by atoms with Gasteiger partial charge < -0.3 is 0 Å². The lowest BCUT2D eigenvalue weighted by atomic mass is 9.80. The van der Waals surface area contributed by atoms with Crippen molar-refractivity contribution < 1.29 is 0 Å². The molecular weight excluding hydrogens is 204 g/mol. The van der Waals surface area contributed by atoms with Crippen LogP contribution in [0.5, 0.6) is 0 Å². The molecule has 0 heteroatoms. The average molecular weight is 220 g/mol. The van der Waals surface area contributed by atoms with Crippen molar-refractivity contribution >= 4 is 0 Å². The fraction of sp³-hybridized carbons (Fsp3) is 0.294. The Kier molecular flexibility index (Phi) is 1.47. The van der Waals surface area contributed by atoms with E-state index in [0.29, 0.717) is 0 Å². The quantitative estimate of drug-likeness (QED) is 0.532. The molecule has 2 aromatic rings. The molecule has 0 aromatic heterocycles. The second kappa shape index (κ2) is 2.64. The Balaban J connectivity index is 2.23. The van der Waals surface area contributed by atoms with Gasteiger partial charge in [0, 0.05) is 5.41 Å². The molecule has 0 nitrogen and oxygen atoms in total. The highest BCUT2D eigenvalue weighted by atomic mass is 14.4. The molecule has 0 amide bonds. The van der Waals surface area contributed by atoms with Crippen LogP contribution in [0.3, 0.4) is 0 Å². The maximum atomic E-state index is 2.38. The van der Waals surface area contributed by atoms with Gasteiger partial charge in [-0.25, -0.2) is 0 Å². The van der Waals surface area contributed by atoms with E-state index in [-0.39, 0.29) is 5.41 Å². The summed E-state index contributed by atoms with van der Waals surface area (Å²) in [7, 11) is 0. The zero-order chi connectivity index (χ0) is 11.8. The highest BCUT2D eigenvalue weighted by Gasteiger charge is 2.40. The summed E-state index contributed by atoms with van der Waals surface area (Å²) in [5.74, 6) is 0. The van der Waals surface area contributed by atoms with Gasteiger partial charge in [0.1, 0.15) is 0 Å². The maximum absolute atomic E-state index is 2.38. The zero-order valence-electron chi connectivity index (χ0n) is 10.6. The lowest BCUT2D eigenvalue weighted by Gasteiger charge is -2.23. The van der Waals surface area contributed by atoms with E-state index in [1.54, 1.807) is 11.1 Å². The third kappa shape index (κ3) is 0.952. The van der Waals surface area contributed by atoms with Gasteiger partial charge in [-0.3, -0.25) is 0 Å². The van der Waals surface area contributed by atoms with Gasteiger partial charge in [-0.15, -0.1) is 0 Å². The number of hydrogen-bond acceptors (Lipinski definition) is 0. The molecule has 0 saturated heterocycles. The van der Waals surface area contributed by atoms with E-state index < -0.39 is 0 Å². The second-order valence-electron chi connectivity index (χ2n) is 5.99. The summed E-state index contributed by atoms with van der Waals surface area (Å²) < 4.78 is 0. The number of aryl methyl sites for hydroxylation is 1. The van der Waals surface area contributed by atoms with Crippen LogP contribution in [-0.2, 0) is 11.8 Å². The molecule has 2 aliphatic rings. The summed E-state index contributed by atoms with van der Waals surface area (Å²) in [6, 6.07) is 11.6. The van der Waals surface area contributed by atoms with Gasteiger partial charge in [0.2, 0.25) is 0 Å². The Hall–Kier alpha value is -1.56. The third-order valence-electron chi connectivity index (χ3n) is 4.49. The first-order valence-corrected chi connectivity index (χ1v) is 6.36. The van der Waals surface area contributed by atoms with Crippen LogP contribution in [0, 0.1) is 6.92 Å². The molecule has 0 atom stereocenters. The lowest BCUT2D eigenvalue weighted by molar-refractivity contribution is 0.658. The van der Waals surface area contributed by atoms with Crippen LogP contribution in [0.2, 0.25) is 0 Å². The summed E-state index contributed by atoms with van der Waals surface area (Å²) in [4.78, 5) is 0. The molecule has 0 radical (unpaired) electrons. The molecule has 0 N–H and O–H groups in total. The number of benzene rings is 2. The van der Waals surface area contributed by atoms with E-state index in [1.165, 1.54) is 27.8 Å². The first kappa shape index (κ1) is 9.47. The fourth-order valence-electron chi connectivity index (χ4n) is 3.70. The van der Waals surface area contributed by atoms with E-state index in [9.17, 15) is 0 Å². The SMILES string of the molecule is Cc1cc2c3c(c1)C(C)(C)c1cccc(c1-3)C2. The molecular formula is C17H16. The average Bonchev–Trinajstić information content (AvgIpc) is 2.74. The van der Waals surface area contributed by atoms with Crippen LogP contribution in [0.1, 0.15) is 41.7 Å². The topological polar surface area (TPSA) is 0 Å². The van der Waals surface area contributed by atoms with Crippen molar-refractivity contribution in [1.82, 2.24) is 0 Å². The molecule has 0 bridgehead atoms. The van der Waals surface area contributed by atoms with Crippen LogP contribution < -0.4 is 0 Å². The molecule has 4 rings (SSSR count). The van der Waals surface area contributed by atoms with E-state index in [0.717, 1.165) is 6.42 Å². The predicted octanol–water partition coefficient (Wildman–Crippen LogP) is 4.21.